The fourth-order valence-corrected chi connectivity index (χ4v) is 4.32. The Morgan fingerprint density at radius 2 is 1.88 bits per heavy atom. The van der Waals surface area contributed by atoms with Gasteiger partial charge < -0.3 is 9.84 Å². The third kappa shape index (κ3) is 4.08. The summed E-state index contributed by atoms with van der Waals surface area (Å²) < 4.78 is 31.6. The molecule has 1 fully saturated rings. The number of aromatic nitrogens is 1. The fourth-order valence-electron chi connectivity index (χ4n) is 2.81. The van der Waals surface area contributed by atoms with Crippen molar-refractivity contribution in [1.82, 2.24) is 14.8 Å². The summed E-state index contributed by atoms with van der Waals surface area (Å²) in [6.45, 7) is 3.15. The smallest absolute Gasteiger partial charge is 0.251 e. The van der Waals surface area contributed by atoms with E-state index in [0.717, 1.165) is 19.3 Å². The minimum Gasteiger partial charge on any atom is -0.361 e. The number of sulfonamides is 1. The minimum atomic E-state index is -3.48. The Morgan fingerprint density at radius 3 is 2.48 bits per heavy atom. The Labute approximate surface area is 147 Å². The van der Waals surface area contributed by atoms with E-state index in [-0.39, 0.29) is 17.3 Å². The van der Waals surface area contributed by atoms with Gasteiger partial charge in [-0.15, -0.1) is 0 Å². The van der Waals surface area contributed by atoms with Crippen molar-refractivity contribution in [2.24, 2.45) is 0 Å². The van der Waals surface area contributed by atoms with Gasteiger partial charge in [-0.2, -0.15) is 4.31 Å². The molecule has 0 saturated carbocycles. The van der Waals surface area contributed by atoms with Crippen molar-refractivity contribution < 1.29 is 17.7 Å². The van der Waals surface area contributed by atoms with Crippen molar-refractivity contribution in [3.05, 3.63) is 47.3 Å². The van der Waals surface area contributed by atoms with Crippen molar-refractivity contribution in [2.45, 2.75) is 37.6 Å². The van der Waals surface area contributed by atoms with Crippen molar-refractivity contribution in [3.8, 4) is 0 Å². The van der Waals surface area contributed by atoms with Crippen molar-refractivity contribution >= 4 is 15.9 Å². The first kappa shape index (κ1) is 17.6. The van der Waals surface area contributed by atoms with Gasteiger partial charge in [0.25, 0.3) is 5.91 Å². The summed E-state index contributed by atoms with van der Waals surface area (Å²) in [6.07, 6.45) is 2.85. The number of rotatable bonds is 5. The van der Waals surface area contributed by atoms with Crippen LogP contribution in [0, 0.1) is 6.92 Å². The summed E-state index contributed by atoms with van der Waals surface area (Å²) in [7, 11) is -3.48. The van der Waals surface area contributed by atoms with E-state index in [0.29, 0.717) is 30.1 Å². The van der Waals surface area contributed by atoms with Crippen molar-refractivity contribution in [2.75, 3.05) is 13.1 Å². The molecule has 0 unspecified atom stereocenters. The highest BCUT2D eigenvalue weighted by Crippen LogP contribution is 2.20. The average molecular weight is 363 g/mol. The van der Waals surface area contributed by atoms with E-state index in [1.54, 1.807) is 13.0 Å². The first-order valence-electron chi connectivity index (χ1n) is 8.27. The Hall–Kier alpha value is -2.19. The molecular formula is C17H21N3O4S. The van der Waals surface area contributed by atoms with Gasteiger partial charge in [-0.1, -0.05) is 11.6 Å². The van der Waals surface area contributed by atoms with Gasteiger partial charge >= 0.3 is 0 Å². The number of amides is 1. The van der Waals surface area contributed by atoms with Gasteiger partial charge in [-0.3, -0.25) is 4.79 Å². The second kappa shape index (κ2) is 7.37. The molecule has 1 aromatic heterocycles. The van der Waals surface area contributed by atoms with Crippen LogP contribution in [0.4, 0.5) is 0 Å². The Morgan fingerprint density at radius 1 is 1.20 bits per heavy atom. The molecule has 25 heavy (non-hydrogen) atoms. The summed E-state index contributed by atoms with van der Waals surface area (Å²) in [5, 5.41) is 6.53. The number of aryl methyl sites for hydroxylation is 1. The molecule has 0 spiro atoms. The molecule has 3 rings (SSSR count). The number of nitrogens with zero attached hydrogens (tertiary/aromatic N) is 2. The van der Waals surface area contributed by atoms with Crippen LogP contribution in [-0.4, -0.2) is 36.9 Å². The maximum absolute atomic E-state index is 12.6. The van der Waals surface area contributed by atoms with Gasteiger partial charge in [0.05, 0.1) is 11.4 Å². The van der Waals surface area contributed by atoms with E-state index in [2.05, 4.69) is 10.5 Å². The molecule has 1 N–H and O–H groups in total. The molecule has 2 heterocycles. The standard InChI is InChI=1S/C17H21N3O4S/c1-13-11-15(19-24-13)12-18-17(21)14-5-7-16(8-6-14)25(22,23)20-9-3-2-4-10-20/h5-8,11H,2-4,9-10,12H2,1H3,(H,18,21). The van der Waals surface area contributed by atoms with Gasteiger partial charge in [0, 0.05) is 24.7 Å². The minimum absolute atomic E-state index is 0.220. The van der Waals surface area contributed by atoms with Crippen LogP contribution >= 0.6 is 0 Å². The number of carbonyl (C=O) groups excluding carboxylic acids is 1. The number of hydrogen-bond acceptors (Lipinski definition) is 5. The van der Waals surface area contributed by atoms with Crippen molar-refractivity contribution in [3.63, 3.8) is 0 Å². The first-order valence-corrected chi connectivity index (χ1v) is 9.71. The monoisotopic (exact) mass is 363 g/mol. The quantitative estimate of drug-likeness (QED) is 0.878. The lowest BCUT2D eigenvalue weighted by atomic mass is 10.2. The number of piperidine rings is 1. The lowest BCUT2D eigenvalue weighted by Gasteiger charge is -2.25. The predicted molar refractivity (Wildman–Crippen MR) is 91.5 cm³/mol. The molecule has 1 aliphatic heterocycles. The SMILES string of the molecule is Cc1cc(CNC(=O)c2ccc(S(=O)(=O)N3CCCCC3)cc2)no1. The Bertz CT molecular complexity index is 837. The maximum atomic E-state index is 12.6. The van der Waals surface area contributed by atoms with Crippen LogP contribution < -0.4 is 5.32 Å². The third-order valence-electron chi connectivity index (χ3n) is 4.18. The second-order valence-electron chi connectivity index (χ2n) is 6.10. The van der Waals surface area contributed by atoms with Crippen LogP contribution in [0.3, 0.4) is 0 Å². The molecule has 8 heteroatoms. The average Bonchev–Trinajstić information content (AvgIpc) is 3.06. The number of benzene rings is 1. The summed E-state index contributed by atoms with van der Waals surface area (Å²) in [6, 6.07) is 7.77. The maximum Gasteiger partial charge on any atom is 0.251 e. The normalized spacial score (nSPS) is 15.9. The Balaban J connectivity index is 1.65. The summed E-state index contributed by atoms with van der Waals surface area (Å²) in [5.74, 6) is 0.388. The van der Waals surface area contributed by atoms with E-state index in [1.807, 2.05) is 0 Å². The predicted octanol–water partition coefficient (Wildman–Crippen LogP) is 2.09. The fraction of sp³-hybridized carbons (Fsp3) is 0.412. The van der Waals surface area contributed by atoms with Crippen molar-refractivity contribution in [1.29, 1.82) is 0 Å². The zero-order valence-electron chi connectivity index (χ0n) is 14.1. The summed E-state index contributed by atoms with van der Waals surface area (Å²) >= 11 is 0. The topological polar surface area (TPSA) is 92.5 Å². The van der Waals surface area contributed by atoms with E-state index in [4.69, 9.17) is 4.52 Å². The molecule has 0 bridgehead atoms. The Kier molecular flexibility index (Phi) is 5.19. The molecule has 0 radical (unpaired) electrons. The van der Waals surface area contributed by atoms with Gasteiger partial charge in [0.1, 0.15) is 11.5 Å². The van der Waals surface area contributed by atoms with E-state index < -0.39 is 10.0 Å². The molecule has 1 aliphatic rings. The number of carbonyl (C=O) groups is 1. The van der Waals surface area contributed by atoms with Crippen LogP contribution in [0.2, 0.25) is 0 Å². The summed E-state index contributed by atoms with van der Waals surface area (Å²) in [4.78, 5) is 12.4. The van der Waals surface area contributed by atoms with Gasteiger partial charge in [-0.25, -0.2) is 8.42 Å². The summed E-state index contributed by atoms with van der Waals surface area (Å²) in [5.41, 5.74) is 1.04. The number of nitrogens with one attached hydrogen (secondary N) is 1. The van der Waals surface area contributed by atoms with Crippen LogP contribution in [-0.2, 0) is 16.6 Å². The van der Waals surface area contributed by atoms with Crippen LogP contribution in [0.25, 0.3) is 0 Å². The lowest BCUT2D eigenvalue weighted by molar-refractivity contribution is 0.0950. The molecule has 2 aromatic rings. The van der Waals surface area contributed by atoms with Gasteiger partial charge in [-0.05, 0) is 44.0 Å². The molecular weight excluding hydrogens is 342 g/mol. The number of hydrogen-bond donors (Lipinski definition) is 1. The molecule has 0 aliphatic carbocycles. The van der Waals surface area contributed by atoms with Crippen LogP contribution in [0.1, 0.15) is 41.1 Å². The zero-order chi connectivity index (χ0) is 17.9. The highest BCUT2D eigenvalue weighted by molar-refractivity contribution is 7.89. The first-order chi connectivity index (χ1) is 12.0. The van der Waals surface area contributed by atoms with Gasteiger partial charge in [0.15, 0.2) is 0 Å². The molecule has 7 nitrogen and oxygen atoms in total. The molecule has 1 saturated heterocycles. The highest BCUT2D eigenvalue weighted by Gasteiger charge is 2.25. The van der Waals surface area contributed by atoms with E-state index >= 15 is 0 Å². The second-order valence-corrected chi connectivity index (χ2v) is 8.04. The highest BCUT2D eigenvalue weighted by atomic mass is 32.2. The molecule has 134 valence electrons. The van der Waals surface area contributed by atoms with E-state index in [1.165, 1.54) is 28.6 Å². The van der Waals surface area contributed by atoms with E-state index in [9.17, 15) is 13.2 Å². The largest absolute Gasteiger partial charge is 0.361 e. The molecule has 1 aromatic carbocycles. The lowest BCUT2D eigenvalue weighted by Crippen LogP contribution is -2.35. The zero-order valence-corrected chi connectivity index (χ0v) is 14.9. The van der Waals surface area contributed by atoms with Crippen LogP contribution in [0.15, 0.2) is 39.8 Å². The van der Waals surface area contributed by atoms with Gasteiger partial charge in [0.2, 0.25) is 10.0 Å². The third-order valence-corrected chi connectivity index (χ3v) is 6.09. The molecule has 0 atom stereocenters. The van der Waals surface area contributed by atoms with Crippen LogP contribution in [0.5, 0.6) is 0 Å². The molecule has 1 amide bonds.